The van der Waals surface area contributed by atoms with Gasteiger partial charge in [-0.05, 0) is 27.7 Å². The summed E-state index contributed by atoms with van der Waals surface area (Å²) in [5, 5.41) is -0.644. The second kappa shape index (κ2) is 11.3. The number of hydrogen-bond acceptors (Lipinski definition) is 9. The van der Waals surface area contributed by atoms with E-state index in [2.05, 4.69) is 19.6 Å². The molecule has 9 nitrogen and oxygen atoms in total. The molecule has 0 aliphatic rings. The summed E-state index contributed by atoms with van der Waals surface area (Å²) in [4.78, 5) is 41.1. The molecule has 0 fully saturated rings. The Hall–Kier alpha value is -1.25. The second-order valence-electron chi connectivity index (χ2n) is 3.45. The maximum Gasteiger partial charge on any atom is 0.381 e. The van der Waals surface area contributed by atoms with Crippen LogP contribution in [0.25, 0.3) is 0 Å². The number of carbonyl (C=O) groups is 2. The molecule has 0 amide bonds. The highest BCUT2D eigenvalue weighted by Gasteiger charge is 2.38. The topological polar surface area (TPSA) is 107 Å². The predicted molar refractivity (Wildman–Crippen MR) is 74.4 cm³/mol. The molecule has 0 atom stereocenters. The first-order valence-corrected chi connectivity index (χ1v) is 8.27. The first-order valence-electron chi connectivity index (χ1n) is 6.73. The van der Waals surface area contributed by atoms with Gasteiger partial charge in [0.1, 0.15) is 0 Å². The standard InChI is InChI=1S/C12H21O9P/c1-5-16-20-11(13)9-10(12(14)21-17-6-2)22(15,18-7-3)19-8-4/h9H,5-8H2,1-4H3. The molecule has 0 saturated carbocycles. The smallest absolute Gasteiger partial charge is 0.305 e. The van der Waals surface area contributed by atoms with Crippen molar-refractivity contribution in [2.45, 2.75) is 27.7 Å². The normalized spacial score (nSPS) is 12.1. The van der Waals surface area contributed by atoms with Gasteiger partial charge in [0.15, 0.2) is 5.31 Å². The summed E-state index contributed by atoms with van der Waals surface area (Å²) in [6.45, 7) is 6.40. The van der Waals surface area contributed by atoms with E-state index in [9.17, 15) is 14.2 Å². The van der Waals surface area contributed by atoms with Gasteiger partial charge in [-0.3, -0.25) is 14.3 Å². The fourth-order valence-electron chi connectivity index (χ4n) is 1.17. The summed E-state index contributed by atoms with van der Waals surface area (Å²) in [6.07, 6.45) is 0.628. The average Bonchev–Trinajstić information content (AvgIpc) is 2.48. The number of carbonyl (C=O) groups excluding carboxylic acids is 2. The van der Waals surface area contributed by atoms with E-state index < -0.39 is 24.8 Å². The van der Waals surface area contributed by atoms with Crippen molar-refractivity contribution in [1.82, 2.24) is 0 Å². The Bertz CT molecular complexity index is 422. The van der Waals surface area contributed by atoms with Gasteiger partial charge in [-0.25, -0.2) is 9.59 Å². The van der Waals surface area contributed by atoms with Crippen molar-refractivity contribution in [2.24, 2.45) is 0 Å². The quantitative estimate of drug-likeness (QED) is 0.242. The van der Waals surface area contributed by atoms with Crippen molar-refractivity contribution in [3.63, 3.8) is 0 Å². The van der Waals surface area contributed by atoms with Crippen LogP contribution < -0.4 is 0 Å². The zero-order chi connectivity index (χ0) is 17.0. The summed E-state index contributed by atoms with van der Waals surface area (Å²) in [5.74, 6) is -2.24. The Morgan fingerprint density at radius 3 is 1.82 bits per heavy atom. The van der Waals surface area contributed by atoms with Crippen LogP contribution in [0.15, 0.2) is 11.4 Å². The molecule has 0 spiro atoms. The van der Waals surface area contributed by atoms with E-state index in [1.54, 1.807) is 27.7 Å². The second-order valence-corrected chi connectivity index (χ2v) is 5.44. The molecule has 0 radical (unpaired) electrons. The Labute approximate surface area is 128 Å². The lowest BCUT2D eigenvalue weighted by molar-refractivity contribution is -0.266. The van der Waals surface area contributed by atoms with Crippen LogP contribution in [0.3, 0.4) is 0 Å². The van der Waals surface area contributed by atoms with Gasteiger partial charge >= 0.3 is 19.5 Å². The van der Waals surface area contributed by atoms with Crippen molar-refractivity contribution in [2.75, 3.05) is 26.4 Å². The van der Waals surface area contributed by atoms with Crippen molar-refractivity contribution in [3.05, 3.63) is 11.4 Å². The molecule has 0 aromatic carbocycles. The third kappa shape index (κ3) is 7.15. The molecule has 0 aliphatic heterocycles. The van der Waals surface area contributed by atoms with Crippen molar-refractivity contribution in [1.29, 1.82) is 0 Å². The van der Waals surface area contributed by atoms with E-state index in [4.69, 9.17) is 9.05 Å². The highest BCUT2D eigenvalue weighted by molar-refractivity contribution is 7.60. The van der Waals surface area contributed by atoms with Gasteiger partial charge in [-0.15, -0.1) is 0 Å². The summed E-state index contributed by atoms with van der Waals surface area (Å²) in [5.41, 5.74) is 0. The van der Waals surface area contributed by atoms with Crippen molar-refractivity contribution in [3.8, 4) is 0 Å². The lowest BCUT2D eigenvalue weighted by atomic mass is 10.5. The molecule has 22 heavy (non-hydrogen) atoms. The summed E-state index contributed by atoms with van der Waals surface area (Å²) >= 11 is 0. The molecular weight excluding hydrogens is 319 g/mol. The molecule has 0 aromatic heterocycles. The molecule has 0 aromatic rings. The van der Waals surface area contributed by atoms with Crippen LogP contribution in [0.2, 0.25) is 0 Å². The maximum atomic E-state index is 12.6. The van der Waals surface area contributed by atoms with Gasteiger partial charge in [-0.1, -0.05) is 0 Å². The van der Waals surface area contributed by atoms with Crippen LogP contribution in [0, 0.1) is 0 Å². The van der Waals surface area contributed by atoms with Crippen LogP contribution >= 0.6 is 7.60 Å². The summed E-state index contributed by atoms with van der Waals surface area (Å²) < 4.78 is 22.6. The molecule has 10 heteroatoms. The van der Waals surface area contributed by atoms with Gasteiger partial charge in [0.05, 0.1) is 26.4 Å². The van der Waals surface area contributed by atoms with Gasteiger partial charge < -0.3 is 9.05 Å². The van der Waals surface area contributed by atoms with Crippen LogP contribution in [-0.2, 0) is 42.8 Å². The molecule has 0 heterocycles. The van der Waals surface area contributed by atoms with E-state index in [0.717, 1.165) is 0 Å². The SMILES string of the molecule is CCOOC(=O)C=C(C(=O)OOCC)P(=O)(OCC)OCC. The van der Waals surface area contributed by atoms with Crippen LogP contribution in [0.4, 0.5) is 0 Å². The zero-order valence-corrected chi connectivity index (χ0v) is 13.9. The summed E-state index contributed by atoms with van der Waals surface area (Å²) in [6, 6.07) is 0. The Morgan fingerprint density at radius 1 is 0.864 bits per heavy atom. The Balaban J connectivity index is 5.45. The van der Waals surface area contributed by atoms with Crippen LogP contribution in [0.5, 0.6) is 0 Å². The third-order valence-electron chi connectivity index (χ3n) is 1.87. The Kier molecular flexibility index (Phi) is 10.7. The largest absolute Gasteiger partial charge is 0.381 e. The van der Waals surface area contributed by atoms with E-state index >= 15 is 0 Å². The minimum atomic E-state index is -4.06. The van der Waals surface area contributed by atoms with Gasteiger partial charge in [-0.2, -0.15) is 9.78 Å². The van der Waals surface area contributed by atoms with Gasteiger partial charge in [0, 0.05) is 6.08 Å². The lowest BCUT2D eigenvalue weighted by Crippen LogP contribution is -2.14. The fraction of sp³-hybridized carbons (Fsp3) is 0.667. The molecule has 128 valence electrons. The Morgan fingerprint density at radius 2 is 1.36 bits per heavy atom. The number of hydrogen-bond donors (Lipinski definition) is 0. The van der Waals surface area contributed by atoms with Crippen molar-refractivity contribution < 1.29 is 42.8 Å². The average molecular weight is 340 g/mol. The van der Waals surface area contributed by atoms with Crippen LogP contribution in [0.1, 0.15) is 27.7 Å². The lowest BCUT2D eigenvalue weighted by Gasteiger charge is -2.18. The molecule has 0 N–H and O–H groups in total. The maximum absolute atomic E-state index is 12.6. The highest BCUT2D eigenvalue weighted by atomic mass is 31.2. The molecule has 0 saturated heterocycles. The molecule has 0 unspecified atom stereocenters. The van der Waals surface area contributed by atoms with E-state index in [-0.39, 0.29) is 26.4 Å². The third-order valence-corrected chi connectivity index (χ3v) is 3.97. The van der Waals surface area contributed by atoms with E-state index in [1.165, 1.54) is 0 Å². The zero-order valence-electron chi connectivity index (χ0n) is 13.0. The first kappa shape index (κ1) is 20.8. The predicted octanol–water partition coefficient (Wildman–Crippen LogP) is 2.13. The monoisotopic (exact) mass is 340 g/mol. The first-order chi connectivity index (χ1) is 10.4. The van der Waals surface area contributed by atoms with Crippen LogP contribution in [-0.4, -0.2) is 38.4 Å². The minimum Gasteiger partial charge on any atom is -0.305 e. The molecule has 0 aliphatic carbocycles. The van der Waals surface area contributed by atoms with Gasteiger partial charge in [0.2, 0.25) is 0 Å². The molecule has 0 bridgehead atoms. The number of rotatable bonds is 11. The summed E-state index contributed by atoms with van der Waals surface area (Å²) in [7, 11) is -4.06. The van der Waals surface area contributed by atoms with Crippen molar-refractivity contribution >= 4 is 19.5 Å². The van der Waals surface area contributed by atoms with Gasteiger partial charge in [0.25, 0.3) is 0 Å². The molecule has 0 rings (SSSR count). The fourth-order valence-corrected chi connectivity index (χ4v) is 2.73. The molecular formula is C12H21O9P. The van der Waals surface area contributed by atoms with E-state index in [1.807, 2.05) is 0 Å². The highest BCUT2D eigenvalue weighted by Crippen LogP contribution is 2.56. The van der Waals surface area contributed by atoms with E-state index in [0.29, 0.717) is 6.08 Å². The minimum absolute atomic E-state index is 0.0168.